The minimum Gasteiger partial charge on any atom is -0.365 e. The zero-order valence-corrected chi connectivity index (χ0v) is 13.8. The van der Waals surface area contributed by atoms with Crippen molar-refractivity contribution in [3.63, 3.8) is 0 Å². The first-order valence-electron chi connectivity index (χ1n) is 7.26. The number of nitrogens with zero attached hydrogens (tertiary/aromatic N) is 4. The number of rotatable bonds is 1. The Kier molecular flexibility index (Phi) is 3.57. The number of amidine groups is 1. The third kappa shape index (κ3) is 2.37. The molecule has 6 heteroatoms. The lowest BCUT2D eigenvalue weighted by Crippen LogP contribution is -2.26. The van der Waals surface area contributed by atoms with Gasteiger partial charge in [-0.2, -0.15) is 9.78 Å². The van der Waals surface area contributed by atoms with E-state index in [1.165, 1.54) is 21.5 Å². The summed E-state index contributed by atoms with van der Waals surface area (Å²) in [5.74, 6) is 1.43. The van der Waals surface area contributed by atoms with Crippen molar-refractivity contribution in [2.75, 3.05) is 14.1 Å². The van der Waals surface area contributed by atoms with Gasteiger partial charge in [0.1, 0.15) is 16.5 Å². The van der Waals surface area contributed by atoms with Crippen LogP contribution in [-0.4, -0.2) is 34.5 Å². The van der Waals surface area contributed by atoms with Crippen LogP contribution in [-0.2, 0) is 12.8 Å². The second-order valence-electron chi connectivity index (χ2n) is 5.71. The van der Waals surface area contributed by atoms with Crippen molar-refractivity contribution in [3.8, 4) is 0 Å². The zero-order valence-electron chi connectivity index (χ0n) is 12.9. The summed E-state index contributed by atoms with van der Waals surface area (Å²) >= 11 is 1.68. The first-order valence-corrected chi connectivity index (χ1v) is 8.07. The van der Waals surface area contributed by atoms with Crippen LogP contribution >= 0.6 is 11.3 Å². The lowest BCUT2D eigenvalue weighted by atomic mass is 9.97. The van der Waals surface area contributed by atoms with Gasteiger partial charge < -0.3 is 4.90 Å². The normalized spacial score (nSPS) is 15.3. The number of hydrogen-bond acceptors (Lipinski definition) is 4. The number of aromatic nitrogens is 2. The fourth-order valence-corrected chi connectivity index (χ4v) is 3.95. The molecule has 1 aliphatic rings. The molecule has 3 rings (SSSR count). The van der Waals surface area contributed by atoms with Gasteiger partial charge in [-0.25, -0.2) is 4.98 Å². The van der Waals surface area contributed by atoms with Crippen LogP contribution in [0.1, 0.15) is 36.0 Å². The second kappa shape index (κ2) is 5.26. The average Bonchev–Trinajstić information content (AvgIpc) is 2.80. The maximum Gasteiger partial charge on any atom is 0.283 e. The molecule has 0 bridgehead atoms. The van der Waals surface area contributed by atoms with E-state index in [1.54, 1.807) is 11.3 Å². The van der Waals surface area contributed by atoms with Crippen molar-refractivity contribution in [1.82, 2.24) is 14.6 Å². The lowest BCUT2D eigenvalue weighted by Gasteiger charge is -2.13. The van der Waals surface area contributed by atoms with E-state index in [4.69, 9.17) is 0 Å². The molecule has 0 radical (unpaired) electrons. The molecule has 0 aliphatic heterocycles. The SMILES string of the molecule is C/C(=N/n1c(C)nc2sc3c(c2c1=O)CCCC3)N(C)C. The molecule has 0 atom stereocenters. The van der Waals surface area contributed by atoms with Gasteiger partial charge >= 0.3 is 0 Å². The summed E-state index contributed by atoms with van der Waals surface area (Å²) < 4.78 is 1.44. The van der Waals surface area contributed by atoms with Gasteiger partial charge in [-0.15, -0.1) is 11.3 Å². The summed E-state index contributed by atoms with van der Waals surface area (Å²) in [7, 11) is 3.83. The monoisotopic (exact) mass is 304 g/mol. The van der Waals surface area contributed by atoms with Gasteiger partial charge in [0.05, 0.1) is 5.39 Å². The molecule has 0 spiro atoms. The van der Waals surface area contributed by atoms with E-state index in [2.05, 4.69) is 10.1 Å². The summed E-state index contributed by atoms with van der Waals surface area (Å²) in [6, 6.07) is 0. The molecule has 2 aromatic heterocycles. The van der Waals surface area contributed by atoms with E-state index in [-0.39, 0.29) is 5.56 Å². The quantitative estimate of drug-likeness (QED) is 0.600. The number of aryl methyl sites for hydroxylation is 3. The van der Waals surface area contributed by atoms with Crippen LogP contribution in [0, 0.1) is 6.92 Å². The predicted molar refractivity (Wildman–Crippen MR) is 87.5 cm³/mol. The Hall–Kier alpha value is -1.69. The molecule has 0 aromatic carbocycles. The lowest BCUT2D eigenvalue weighted by molar-refractivity contribution is 0.600. The standard InChI is InChI=1S/C15H20N4OS/c1-9-16-14-13(11-7-5-6-8-12(11)21-14)15(20)19(9)17-10(2)18(3)4/h5-8H2,1-4H3/b17-10-. The second-order valence-corrected chi connectivity index (χ2v) is 6.79. The molecule has 0 fully saturated rings. The van der Waals surface area contributed by atoms with Crippen LogP contribution < -0.4 is 5.56 Å². The molecular formula is C15H20N4OS. The first kappa shape index (κ1) is 14.3. The van der Waals surface area contributed by atoms with E-state index in [0.29, 0.717) is 5.82 Å². The Bertz CT molecular complexity index is 785. The van der Waals surface area contributed by atoms with Gasteiger partial charge in [0, 0.05) is 19.0 Å². The fourth-order valence-electron chi connectivity index (χ4n) is 2.65. The van der Waals surface area contributed by atoms with Crippen LogP contribution in [0.15, 0.2) is 9.90 Å². The fraction of sp³-hybridized carbons (Fsp3) is 0.533. The minimum atomic E-state index is -0.0295. The van der Waals surface area contributed by atoms with Gasteiger partial charge in [0.15, 0.2) is 0 Å². The molecule has 0 amide bonds. The van der Waals surface area contributed by atoms with Crippen molar-refractivity contribution in [2.24, 2.45) is 5.10 Å². The minimum absolute atomic E-state index is 0.0295. The summed E-state index contributed by atoms with van der Waals surface area (Å²) in [5.41, 5.74) is 1.18. The zero-order chi connectivity index (χ0) is 15.1. The van der Waals surface area contributed by atoms with Crippen molar-refractivity contribution >= 4 is 27.4 Å². The summed E-state index contributed by atoms with van der Waals surface area (Å²) in [4.78, 5) is 21.6. The molecule has 0 N–H and O–H groups in total. The van der Waals surface area contributed by atoms with E-state index in [9.17, 15) is 4.79 Å². The summed E-state index contributed by atoms with van der Waals surface area (Å²) in [6.45, 7) is 3.73. The van der Waals surface area contributed by atoms with Crippen molar-refractivity contribution < 1.29 is 0 Å². The highest BCUT2D eigenvalue weighted by molar-refractivity contribution is 7.18. The van der Waals surface area contributed by atoms with Gasteiger partial charge in [0.2, 0.25) is 0 Å². The Balaban J connectivity index is 2.27. The smallest absolute Gasteiger partial charge is 0.283 e. The van der Waals surface area contributed by atoms with E-state index in [1.807, 2.05) is 32.8 Å². The highest BCUT2D eigenvalue weighted by atomic mass is 32.1. The van der Waals surface area contributed by atoms with Crippen molar-refractivity contribution in [1.29, 1.82) is 0 Å². The van der Waals surface area contributed by atoms with Crippen LogP contribution in [0.5, 0.6) is 0 Å². The van der Waals surface area contributed by atoms with E-state index in [0.717, 1.165) is 35.3 Å². The number of fused-ring (bicyclic) bond motifs is 3. The highest BCUT2D eigenvalue weighted by Crippen LogP contribution is 2.33. The Morgan fingerprint density at radius 1 is 1.33 bits per heavy atom. The van der Waals surface area contributed by atoms with E-state index < -0.39 is 0 Å². The molecule has 1 aliphatic carbocycles. The highest BCUT2D eigenvalue weighted by Gasteiger charge is 2.21. The molecule has 21 heavy (non-hydrogen) atoms. The summed E-state index contributed by atoms with van der Waals surface area (Å²) in [6.07, 6.45) is 4.44. The van der Waals surface area contributed by atoms with Gasteiger partial charge in [-0.3, -0.25) is 4.79 Å². The first-order chi connectivity index (χ1) is 9.99. The molecule has 0 unspecified atom stereocenters. The third-order valence-electron chi connectivity index (χ3n) is 4.02. The van der Waals surface area contributed by atoms with E-state index >= 15 is 0 Å². The Morgan fingerprint density at radius 3 is 2.76 bits per heavy atom. The van der Waals surface area contributed by atoms with Crippen LogP contribution in [0.3, 0.4) is 0 Å². The maximum absolute atomic E-state index is 12.8. The number of thiophene rings is 1. The Morgan fingerprint density at radius 2 is 2.05 bits per heavy atom. The van der Waals surface area contributed by atoms with Crippen molar-refractivity contribution in [2.45, 2.75) is 39.5 Å². The van der Waals surface area contributed by atoms with Crippen molar-refractivity contribution in [3.05, 3.63) is 26.6 Å². The van der Waals surface area contributed by atoms with Gasteiger partial charge in [-0.1, -0.05) is 0 Å². The topological polar surface area (TPSA) is 50.5 Å². The molecule has 5 nitrogen and oxygen atoms in total. The third-order valence-corrected chi connectivity index (χ3v) is 5.21. The van der Waals surface area contributed by atoms with Gasteiger partial charge in [0.25, 0.3) is 5.56 Å². The molecule has 2 heterocycles. The van der Waals surface area contributed by atoms with Crippen LogP contribution in [0.25, 0.3) is 10.2 Å². The van der Waals surface area contributed by atoms with Gasteiger partial charge in [-0.05, 0) is 45.1 Å². The molecule has 112 valence electrons. The number of hydrogen-bond donors (Lipinski definition) is 0. The molecule has 0 saturated carbocycles. The van der Waals surface area contributed by atoms with Crippen LogP contribution in [0.4, 0.5) is 0 Å². The molecule has 2 aromatic rings. The largest absolute Gasteiger partial charge is 0.365 e. The predicted octanol–water partition coefficient (Wildman–Crippen LogP) is 2.39. The summed E-state index contributed by atoms with van der Waals surface area (Å²) in [5, 5.41) is 5.21. The molecule has 0 saturated heterocycles. The average molecular weight is 304 g/mol. The van der Waals surface area contributed by atoms with Crippen LogP contribution in [0.2, 0.25) is 0 Å². The Labute approximate surface area is 127 Å². The maximum atomic E-state index is 12.8. The molecular weight excluding hydrogens is 284 g/mol.